The lowest BCUT2D eigenvalue weighted by Gasteiger charge is -2.30. The zero-order valence-corrected chi connectivity index (χ0v) is 11.5. The van der Waals surface area contributed by atoms with Crippen molar-refractivity contribution in [1.29, 1.82) is 0 Å². The van der Waals surface area contributed by atoms with E-state index >= 15 is 0 Å². The molecule has 2 aliphatic rings. The molecule has 2 fully saturated rings. The van der Waals surface area contributed by atoms with Crippen LogP contribution in [-0.2, 0) is 9.53 Å². The number of carbonyl (C=O) groups is 1. The zero-order chi connectivity index (χ0) is 12.8. The van der Waals surface area contributed by atoms with Gasteiger partial charge in [0, 0.05) is 13.1 Å². The molecule has 1 amide bonds. The lowest BCUT2D eigenvalue weighted by Crippen LogP contribution is -2.40. The number of rotatable bonds is 4. The molecule has 104 valence electrons. The minimum atomic E-state index is 0.177. The van der Waals surface area contributed by atoms with E-state index < -0.39 is 0 Å². The second-order valence-corrected chi connectivity index (χ2v) is 5.77. The first-order chi connectivity index (χ1) is 8.75. The summed E-state index contributed by atoms with van der Waals surface area (Å²) in [4.78, 5) is 13.9. The van der Waals surface area contributed by atoms with Crippen LogP contribution in [-0.4, -0.2) is 50.2 Å². The fourth-order valence-corrected chi connectivity index (χ4v) is 2.71. The Hall–Kier alpha value is -0.610. The van der Waals surface area contributed by atoms with Crippen molar-refractivity contribution < 1.29 is 9.53 Å². The number of hydrogen-bond donors (Lipinski definition) is 1. The number of carbonyl (C=O) groups excluding carboxylic acids is 1. The normalized spacial score (nSPS) is 23.3. The lowest BCUT2D eigenvalue weighted by molar-refractivity contribution is -0.138. The van der Waals surface area contributed by atoms with Crippen molar-refractivity contribution in [2.45, 2.75) is 32.6 Å². The quantitative estimate of drug-likeness (QED) is 0.821. The van der Waals surface area contributed by atoms with Crippen molar-refractivity contribution >= 4 is 5.91 Å². The number of likely N-dealkylation sites (tertiary alicyclic amines) is 1. The number of nitrogens with one attached hydrogen (secondary N) is 1. The topological polar surface area (TPSA) is 41.6 Å². The molecule has 0 aromatic heterocycles. The lowest BCUT2D eigenvalue weighted by atomic mass is 9.99. The van der Waals surface area contributed by atoms with E-state index in [0.29, 0.717) is 5.92 Å². The van der Waals surface area contributed by atoms with Crippen molar-refractivity contribution in [3.8, 4) is 0 Å². The van der Waals surface area contributed by atoms with Gasteiger partial charge >= 0.3 is 0 Å². The van der Waals surface area contributed by atoms with E-state index in [1.807, 2.05) is 4.90 Å². The summed E-state index contributed by atoms with van der Waals surface area (Å²) < 4.78 is 5.60. The Morgan fingerprint density at radius 2 is 1.89 bits per heavy atom. The third-order valence-corrected chi connectivity index (χ3v) is 4.17. The van der Waals surface area contributed by atoms with Crippen molar-refractivity contribution in [2.75, 3.05) is 39.4 Å². The zero-order valence-electron chi connectivity index (χ0n) is 11.5. The Morgan fingerprint density at radius 3 is 2.56 bits per heavy atom. The number of piperidine rings is 2. The second-order valence-electron chi connectivity index (χ2n) is 5.77. The average Bonchev–Trinajstić information content (AvgIpc) is 2.40. The van der Waals surface area contributed by atoms with Gasteiger partial charge in [0.2, 0.25) is 5.91 Å². The van der Waals surface area contributed by atoms with Crippen LogP contribution in [0.2, 0.25) is 0 Å². The first kappa shape index (κ1) is 13.8. The SMILES string of the molecule is CC1CCN(C(=O)COCC2CCNCC2)CC1. The van der Waals surface area contributed by atoms with Crippen molar-refractivity contribution in [1.82, 2.24) is 10.2 Å². The molecule has 2 heterocycles. The summed E-state index contributed by atoms with van der Waals surface area (Å²) in [5, 5.41) is 3.34. The highest BCUT2D eigenvalue weighted by atomic mass is 16.5. The number of nitrogens with zero attached hydrogens (tertiary/aromatic N) is 1. The maximum absolute atomic E-state index is 11.9. The highest BCUT2D eigenvalue weighted by Gasteiger charge is 2.20. The van der Waals surface area contributed by atoms with Crippen LogP contribution in [0.3, 0.4) is 0 Å². The molecule has 0 aromatic carbocycles. The fraction of sp³-hybridized carbons (Fsp3) is 0.929. The van der Waals surface area contributed by atoms with Gasteiger partial charge in [-0.15, -0.1) is 0 Å². The highest BCUT2D eigenvalue weighted by Crippen LogP contribution is 2.16. The summed E-state index contributed by atoms with van der Waals surface area (Å²) in [6.45, 7) is 7.29. The first-order valence-electron chi connectivity index (χ1n) is 7.32. The molecule has 0 radical (unpaired) electrons. The van der Waals surface area contributed by atoms with Gasteiger partial charge in [0.25, 0.3) is 0 Å². The Labute approximate surface area is 110 Å². The average molecular weight is 254 g/mol. The largest absolute Gasteiger partial charge is 0.371 e. The van der Waals surface area contributed by atoms with Gasteiger partial charge in [-0.2, -0.15) is 0 Å². The number of hydrogen-bond acceptors (Lipinski definition) is 3. The fourth-order valence-electron chi connectivity index (χ4n) is 2.71. The molecule has 4 nitrogen and oxygen atoms in total. The van der Waals surface area contributed by atoms with E-state index in [9.17, 15) is 4.79 Å². The summed E-state index contributed by atoms with van der Waals surface area (Å²) in [5.41, 5.74) is 0. The van der Waals surface area contributed by atoms with Crippen molar-refractivity contribution in [3.63, 3.8) is 0 Å². The molecule has 0 spiro atoms. The molecule has 0 bridgehead atoms. The molecule has 0 saturated carbocycles. The Bertz CT molecular complexity index is 257. The second kappa shape index (κ2) is 7.10. The van der Waals surface area contributed by atoms with Gasteiger partial charge < -0.3 is 15.0 Å². The van der Waals surface area contributed by atoms with Gasteiger partial charge in [-0.05, 0) is 50.6 Å². The predicted molar refractivity (Wildman–Crippen MR) is 71.4 cm³/mol. The van der Waals surface area contributed by atoms with Gasteiger partial charge in [-0.1, -0.05) is 6.92 Å². The maximum atomic E-state index is 11.9. The summed E-state index contributed by atoms with van der Waals surface area (Å²) >= 11 is 0. The summed E-state index contributed by atoms with van der Waals surface area (Å²) in [6, 6.07) is 0. The highest BCUT2D eigenvalue weighted by molar-refractivity contribution is 5.77. The van der Waals surface area contributed by atoms with Crippen LogP contribution in [0, 0.1) is 11.8 Å². The van der Waals surface area contributed by atoms with Gasteiger partial charge in [0.05, 0.1) is 6.61 Å². The molecule has 1 N–H and O–H groups in total. The van der Waals surface area contributed by atoms with Gasteiger partial charge in [0.1, 0.15) is 6.61 Å². The Balaban J connectivity index is 1.59. The van der Waals surface area contributed by atoms with Crippen LogP contribution in [0.1, 0.15) is 32.6 Å². The number of ether oxygens (including phenoxy) is 1. The van der Waals surface area contributed by atoms with E-state index in [1.54, 1.807) is 0 Å². The van der Waals surface area contributed by atoms with Crippen LogP contribution in [0.4, 0.5) is 0 Å². The van der Waals surface area contributed by atoms with E-state index in [0.717, 1.165) is 51.5 Å². The molecule has 0 atom stereocenters. The van der Waals surface area contributed by atoms with Crippen LogP contribution in [0.25, 0.3) is 0 Å². The van der Waals surface area contributed by atoms with Crippen molar-refractivity contribution in [3.05, 3.63) is 0 Å². The van der Waals surface area contributed by atoms with Crippen LogP contribution < -0.4 is 5.32 Å². The number of amides is 1. The first-order valence-corrected chi connectivity index (χ1v) is 7.32. The monoisotopic (exact) mass is 254 g/mol. The van der Waals surface area contributed by atoms with Gasteiger partial charge in [-0.3, -0.25) is 4.79 Å². The predicted octanol–water partition coefficient (Wildman–Crippen LogP) is 1.26. The summed E-state index contributed by atoms with van der Waals surface area (Å²) in [5.74, 6) is 1.58. The van der Waals surface area contributed by atoms with Crippen LogP contribution in [0.15, 0.2) is 0 Å². The molecular weight excluding hydrogens is 228 g/mol. The van der Waals surface area contributed by atoms with E-state index in [1.165, 1.54) is 12.8 Å². The molecule has 2 rings (SSSR count). The van der Waals surface area contributed by atoms with E-state index in [4.69, 9.17) is 4.74 Å². The minimum absolute atomic E-state index is 0.177. The standard InChI is InChI=1S/C14H26N2O2/c1-12-4-8-16(9-5-12)14(17)11-18-10-13-2-6-15-7-3-13/h12-13,15H,2-11H2,1H3. The minimum Gasteiger partial charge on any atom is -0.371 e. The molecule has 2 aliphatic heterocycles. The van der Waals surface area contributed by atoms with Gasteiger partial charge in [0.15, 0.2) is 0 Å². The van der Waals surface area contributed by atoms with Crippen LogP contribution >= 0.6 is 0 Å². The van der Waals surface area contributed by atoms with E-state index in [2.05, 4.69) is 12.2 Å². The molecule has 18 heavy (non-hydrogen) atoms. The third-order valence-electron chi connectivity index (χ3n) is 4.17. The summed E-state index contributed by atoms with van der Waals surface area (Å²) in [6.07, 6.45) is 4.63. The Kier molecular flexibility index (Phi) is 5.45. The molecule has 0 aliphatic carbocycles. The molecule has 4 heteroatoms. The Morgan fingerprint density at radius 1 is 1.22 bits per heavy atom. The molecule has 0 aromatic rings. The summed E-state index contributed by atoms with van der Waals surface area (Å²) in [7, 11) is 0. The maximum Gasteiger partial charge on any atom is 0.248 e. The molecular formula is C14H26N2O2. The smallest absolute Gasteiger partial charge is 0.248 e. The molecule has 0 unspecified atom stereocenters. The van der Waals surface area contributed by atoms with Gasteiger partial charge in [-0.25, -0.2) is 0 Å². The van der Waals surface area contributed by atoms with Crippen LogP contribution in [0.5, 0.6) is 0 Å². The van der Waals surface area contributed by atoms with E-state index in [-0.39, 0.29) is 12.5 Å². The third kappa shape index (κ3) is 4.25. The van der Waals surface area contributed by atoms with Crippen molar-refractivity contribution in [2.24, 2.45) is 11.8 Å². The molecule has 2 saturated heterocycles.